The van der Waals surface area contributed by atoms with E-state index in [0.717, 1.165) is 37.2 Å². The van der Waals surface area contributed by atoms with E-state index in [1.807, 2.05) is 0 Å². The van der Waals surface area contributed by atoms with E-state index < -0.39 is 18.5 Å². The SMILES string of the molecule is NC(=O)c1ccc(OCCCC(F)(F)F)cc1CCc1ccc(CN2CCCC2)cc1. The zero-order valence-corrected chi connectivity index (χ0v) is 17.6. The Morgan fingerprint density at radius 3 is 2.32 bits per heavy atom. The van der Waals surface area contributed by atoms with Crippen molar-refractivity contribution < 1.29 is 22.7 Å². The number of aryl methyl sites for hydroxylation is 2. The molecule has 1 aliphatic heterocycles. The van der Waals surface area contributed by atoms with Crippen LogP contribution in [0.2, 0.25) is 0 Å². The first-order valence-electron chi connectivity index (χ1n) is 10.7. The van der Waals surface area contributed by atoms with Crippen molar-refractivity contribution in [2.24, 2.45) is 5.73 Å². The molecule has 2 aromatic rings. The minimum absolute atomic E-state index is 0.0344. The van der Waals surface area contributed by atoms with E-state index in [9.17, 15) is 18.0 Å². The van der Waals surface area contributed by atoms with E-state index in [2.05, 4.69) is 29.2 Å². The molecule has 0 saturated carbocycles. The van der Waals surface area contributed by atoms with E-state index in [0.29, 0.717) is 17.7 Å². The molecule has 3 rings (SSSR count). The summed E-state index contributed by atoms with van der Waals surface area (Å²) in [5.41, 5.74) is 9.08. The molecule has 1 fully saturated rings. The van der Waals surface area contributed by atoms with Crippen molar-refractivity contribution in [3.8, 4) is 5.75 Å². The Balaban J connectivity index is 1.57. The van der Waals surface area contributed by atoms with E-state index in [-0.39, 0.29) is 13.0 Å². The number of hydrogen-bond donors (Lipinski definition) is 1. The molecular weight excluding hydrogens is 405 g/mol. The topological polar surface area (TPSA) is 55.6 Å². The van der Waals surface area contributed by atoms with Gasteiger partial charge in [-0.2, -0.15) is 13.2 Å². The van der Waals surface area contributed by atoms with Crippen LogP contribution in [0, 0.1) is 0 Å². The molecule has 0 radical (unpaired) electrons. The molecule has 0 bridgehead atoms. The van der Waals surface area contributed by atoms with E-state index in [4.69, 9.17) is 10.5 Å². The van der Waals surface area contributed by atoms with Gasteiger partial charge in [0.15, 0.2) is 0 Å². The minimum atomic E-state index is -4.19. The van der Waals surface area contributed by atoms with Crippen molar-refractivity contribution in [3.63, 3.8) is 0 Å². The lowest BCUT2D eigenvalue weighted by Crippen LogP contribution is -2.18. The molecule has 7 heteroatoms. The number of nitrogens with two attached hydrogens (primary N) is 1. The van der Waals surface area contributed by atoms with Crippen LogP contribution in [0.5, 0.6) is 5.75 Å². The molecule has 1 amide bonds. The number of carbonyl (C=O) groups is 1. The van der Waals surface area contributed by atoms with Gasteiger partial charge in [-0.05, 0) is 80.1 Å². The Kier molecular flexibility index (Phi) is 7.96. The predicted octanol–water partition coefficient (Wildman–Crippen LogP) is 4.89. The van der Waals surface area contributed by atoms with Gasteiger partial charge in [-0.1, -0.05) is 24.3 Å². The zero-order valence-electron chi connectivity index (χ0n) is 17.6. The van der Waals surface area contributed by atoms with Gasteiger partial charge in [0.1, 0.15) is 5.75 Å². The summed E-state index contributed by atoms with van der Waals surface area (Å²) < 4.78 is 42.2. The van der Waals surface area contributed by atoms with E-state index in [1.165, 1.54) is 18.4 Å². The first kappa shape index (κ1) is 23.1. The Hall–Kier alpha value is -2.54. The Morgan fingerprint density at radius 2 is 1.68 bits per heavy atom. The second-order valence-electron chi connectivity index (χ2n) is 8.05. The molecule has 1 heterocycles. The minimum Gasteiger partial charge on any atom is -0.494 e. The molecule has 0 aliphatic carbocycles. The van der Waals surface area contributed by atoms with Gasteiger partial charge in [-0.15, -0.1) is 0 Å². The largest absolute Gasteiger partial charge is 0.494 e. The third kappa shape index (κ3) is 7.58. The number of benzene rings is 2. The molecule has 31 heavy (non-hydrogen) atoms. The lowest BCUT2D eigenvalue weighted by molar-refractivity contribution is -0.136. The smallest absolute Gasteiger partial charge is 0.389 e. The summed E-state index contributed by atoms with van der Waals surface area (Å²) in [6.07, 6.45) is -1.33. The van der Waals surface area contributed by atoms with Crippen LogP contribution < -0.4 is 10.5 Å². The molecule has 2 N–H and O–H groups in total. The van der Waals surface area contributed by atoms with Crippen molar-refractivity contribution in [3.05, 3.63) is 64.7 Å². The first-order chi connectivity index (χ1) is 14.8. The summed E-state index contributed by atoms with van der Waals surface area (Å²) in [6, 6.07) is 13.3. The quantitative estimate of drug-likeness (QED) is 0.542. The number of hydrogen-bond acceptors (Lipinski definition) is 3. The molecule has 0 aromatic heterocycles. The predicted molar refractivity (Wildman–Crippen MR) is 114 cm³/mol. The van der Waals surface area contributed by atoms with Crippen LogP contribution in [0.3, 0.4) is 0 Å². The standard InChI is InChI=1S/C24H29F3N2O2/c25-24(26,27)12-3-15-31-21-10-11-22(23(28)30)20(16-21)9-8-18-4-6-19(7-5-18)17-29-13-1-2-14-29/h4-7,10-11,16H,1-3,8-9,12-15,17H2,(H2,28,30). The van der Waals surface area contributed by atoms with Crippen LogP contribution in [0.1, 0.15) is 52.7 Å². The third-order valence-electron chi connectivity index (χ3n) is 5.53. The highest BCUT2D eigenvalue weighted by atomic mass is 19.4. The van der Waals surface area contributed by atoms with E-state index in [1.54, 1.807) is 18.2 Å². The lowest BCUT2D eigenvalue weighted by atomic mass is 9.98. The normalized spacial score (nSPS) is 14.7. The molecule has 0 unspecified atom stereocenters. The number of ether oxygens (including phenoxy) is 1. The number of likely N-dealkylation sites (tertiary alicyclic amines) is 1. The fourth-order valence-electron chi connectivity index (χ4n) is 3.86. The molecule has 0 atom stereocenters. The Labute approximate surface area is 181 Å². The average molecular weight is 435 g/mol. The van der Waals surface area contributed by atoms with Crippen molar-refractivity contribution in [2.45, 2.75) is 51.2 Å². The van der Waals surface area contributed by atoms with Gasteiger partial charge in [0.2, 0.25) is 5.91 Å². The Bertz CT molecular complexity index is 860. The van der Waals surface area contributed by atoms with Gasteiger partial charge >= 0.3 is 6.18 Å². The third-order valence-corrected chi connectivity index (χ3v) is 5.53. The van der Waals surface area contributed by atoms with Gasteiger partial charge in [-0.3, -0.25) is 9.69 Å². The van der Waals surface area contributed by atoms with Gasteiger partial charge in [0.25, 0.3) is 0 Å². The van der Waals surface area contributed by atoms with Crippen LogP contribution in [0.15, 0.2) is 42.5 Å². The fraction of sp³-hybridized carbons (Fsp3) is 0.458. The highest BCUT2D eigenvalue weighted by Crippen LogP contribution is 2.23. The Morgan fingerprint density at radius 1 is 1.00 bits per heavy atom. The number of amides is 1. The zero-order chi connectivity index (χ0) is 22.3. The van der Waals surface area contributed by atoms with Gasteiger partial charge < -0.3 is 10.5 Å². The molecular formula is C24H29F3N2O2. The van der Waals surface area contributed by atoms with Gasteiger partial charge in [-0.25, -0.2) is 0 Å². The number of rotatable bonds is 10. The highest BCUT2D eigenvalue weighted by Gasteiger charge is 2.26. The summed E-state index contributed by atoms with van der Waals surface area (Å²) in [5, 5.41) is 0. The maximum atomic E-state index is 12.3. The van der Waals surface area contributed by atoms with Crippen molar-refractivity contribution >= 4 is 5.91 Å². The first-order valence-corrected chi connectivity index (χ1v) is 10.7. The highest BCUT2D eigenvalue weighted by molar-refractivity contribution is 5.94. The number of primary amides is 1. The molecule has 168 valence electrons. The maximum Gasteiger partial charge on any atom is 0.389 e. The molecule has 1 aliphatic rings. The summed E-state index contributed by atoms with van der Waals surface area (Å²) in [7, 11) is 0. The van der Waals surface area contributed by atoms with Crippen molar-refractivity contribution in [1.82, 2.24) is 4.90 Å². The maximum absolute atomic E-state index is 12.3. The lowest BCUT2D eigenvalue weighted by Gasteiger charge is -2.15. The van der Waals surface area contributed by atoms with Crippen LogP contribution in [0.25, 0.3) is 0 Å². The monoisotopic (exact) mass is 434 g/mol. The second-order valence-corrected chi connectivity index (χ2v) is 8.05. The summed E-state index contributed by atoms with van der Waals surface area (Å²) in [6.45, 7) is 3.26. The van der Waals surface area contributed by atoms with Crippen LogP contribution in [0.4, 0.5) is 13.2 Å². The van der Waals surface area contributed by atoms with Crippen molar-refractivity contribution in [2.75, 3.05) is 19.7 Å². The number of nitrogens with zero attached hydrogens (tertiary/aromatic N) is 1. The van der Waals surface area contributed by atoms with Gasteiger partial charge in [0.05, 0.1) is 6.61 Å². The van der Waals surface area contributed by atoms with Crippen molar-refractivity contribution in [1.29, 1.82) is 0 Å². The van der Waals surface area contributed by atoms with Gasteiger partial charge in [0, 0.05) is 18.5 Å². The number of carbonyl (C=O) groups excluding carboxylic acids is 1. The molecule has 1 saturated heterocycles. The fourth-order valence-corrected chi connectivity index (χ4v) is 3.86. The molecule has 4 nitrogen and oxygen atoms in total. The molecule has 0 spiro atoms. The van der Waals surface area contributed by atoms with E-state index >= 15 is 0 Å². The number of alkyl halides is 3. The van der Waals surface area contributed by atoms with Crippen LogP contribution in [-0.4, -0.2) is 36.7 Å². The summed E-state index contributed by atoms with van der Waals surface area (Å²) in [5.74, 6) is -0.0808. The van der Waals surface area contributed by atoms with Crippen LogP contribution >= 0.6 is 0 Å². The summed E-state index contributed by atoms with van der Waals surface area (Å²) in [4.78, 5) is 14.2. The molecule has 2 aromatic carbocycles. The summed E-state index contributed by atoms with van der Waals surface area (Å²) >= 11 is 0. The number of halogens is 3. The second kappa shape index (κ2) is 10.7. The average Bonchev–Trinajstić information content (AvgIpc) is 3.23. The van der Waals surface area contributed by atoms with Crippen LogP contribution in [-0.2, 0) is 19.4 Å².